The molecule has 4 nitrogen and oxygen atoms in total. The molecule has 2 rings (SSSR count). The number of benzene rings is 1. The Morgan fingerprint density at radius 1 is 1.32 bits per heavy atom. The molecular weight excluding hydrogens is 430 g/mol. The number of piperidine rings is 1. The molecule has 0 aliphatic carbocycles. The van der Waals surface area contributed by atoms with Crippen LogP contribution in [0.4, 0.5) is 4.39 Å². The summed E-state index contributed by atoms with van der Waals surface area (Å²) >= 11 is 0. The zero-order valence-electron chi connectivity index (χ0n) is 15.4. The fourth-order valence-corrected chi connectivity index (χ4v) is 3.21. The second-order valence-corrected chi connectivity index (χ2v) is 6.74. The summed E-state index contributed by atoms with van der Waals surface area (Å²) < 4.78 is 13.2. The Balaban J connectivity index is 0.00000312. The van der Waals surface area contributed by atoms with Crippen LogP contribution in [-0.4, -0.2) is 44.1 Å². The lowest BCUT2D eigenvalue weighted by Gasteiger charge is -2.30. The lowest BCUT2D eigenvalue weighted by atomic mass is 10.0. The number of hydrogen-bond acceptors (Lipinski definition) is 2. The molecule has 0 spiro atoms. The summed E-state index contributed by atoms with van der Waals surface area (Å²) in [4.78, 5) is 6.80. The maximum Gasteiger partial charge on any atom is 0.191 e. The molecule has 1 heterocycles. The SMILES string of the molecule is CN=C(NCCCCN1CCCC(C)C1)NCc1cccc(F)c1.I. The van der Waals surface area contributed by atoms with Crippen LogP contribution in [0, 0.1) is 11.7 Å². The molecular formula is C19H32FIN4. The van der Waals surface area contributed by atoms with Crippen LogP contribution in [0.3, 0.4) is 0 Å². The molecule has 1 fully saturated rings. The van der Waals surface area contributed by atoms with E-state index in [4.69, 9.17) is 0 Å². The first-order valence-electron chi connectivity index (χ1n) is 9.08. The van der Waals surface area contributed by atoms with Gasteiger partial charge in [0.15, 0.2) is 5.96 Å². The molecule has 2 N–H and O–H groups in total. The summed E-state index contributed by atoms with van der Waals surface area (Å²) in [5, 5.41) is 6.55. The van der Waals surface area contributed by atoms with Gasteiger partial charge in [0.1, 0.15) is 5.82 Å². The highest BCUT2D eigenvalue weighted by Gasteiger charge is 2.15. The Bertz CT molecular complexity index is 524. The van der Waals surface area contributed by atoms with E-state index in [0.29, 0.717) is 6.54 Å². The minimum Gasteiger partial charge on any atom is -0.356 e. The average molecular weight is 462 g/mol. The van der Waals surface area contributed by atoms with Gasteiger partial charge in [-0.15, -0.1) is 24.0 Å². The lowest BCUT2D eigenvalue weighted by molar-refractivity contribution is 0.181. The lowest BCUT2D eigenvalue weighted by Crippen LogP contribution is -2.38. The number of likely N-dealkylation sites (tertiary alicyclic amines) is 1. The van der Waals surface area contributed by atoms with Gasteiger partial charge in [-0.05, 0) is 62.4 Å². The van der Waals surface area contributed by atoms with Gasteiger partial charge < -0.3 is 15.5 Å². The molecule has 1 aromatic rings. The largest absolute Gasteiger partial charge is 0.356 e. The molecule has 1 saturated heterocycles. The van der Waals surface area contributed by atoms with Crippen molar-refractivity contribution in [2.45, 2.75) is 39.2 Å². The first-order valence-corrected chi connectivity index (χ1v) is 9.08. The van der Waals surface area contributed by atoms with Gasteiger partial charge in [0.05, 0.1) is 0 Å². The Hall–Kier alpha value is -0.890. The van der Waals surface area contributed by atoms with Crippen molar-refractivity contribution >= 4 is 29.9 Å². The number of nitrogens with zero attached hydrogens (tertiary/aromatic N) is 2. The standard InChI is InChI=1S/C19H31FN4.HI/c1-16-7-6-12-24(15-16)11-4-3-10-22-19(21-2)23-14-17-8-5-9-18(20)13-17;/h5,8-9,13,16H,3-4,6-7,10-12,14-15H2,1-2H3,(H2,21,22,23);1H. The van der Waals surface area contributed by atoms with Gasteiger partial charge >= 0.3 is 0 Å². The minimum atomic E-state index is -0.204. The van der Waals surface area contributed by atoms with Gasteiger partial charge in [-0.1, -0.05) is 19.1 Å². The van der Waals surface area contributed by atoms with Gasteiger partial charge in [0.25, 0.3) is 0 Å². The molecule has 0 bridgehead atoms. The van der Waals surface area contributed by atoms with Gasteiger partial charge in [-0.25, -0.2) is 4.39 Å². The molecule has 1 aromatic carbocycles. The average Bonchev–Trinajstić information content (AvgIpc) is 2.57. The topological polar surface area (TPSA) is 39.7 Å². The van der Waals surface area contributed by atoms with Crippen LogP contribution in [0.15, 0.2) is 29.3 Å². The van der Waals surface area contributed by atoms with Crippen LogP contribution in [-0.2, 0) is 6.54 Å². The van der Waals surface area contributed by atoms with Crippen molar-refractivity contribution in [3.05, 3.63) is 35.6 Å². The third-order valence-electron chi connectivity index (χ3n) is 4.51. The smallest absolute Gasteiger partial charge is 0.191 e. The van der Waals surface area contributed by atoms with Crippen molar-refractivity contribution in [3.8, 4) is 0 Å². The van der Waals surface area contributed by atoms with Crippen molar-refractivity contribution in [2.75, 3.05) is 33.2 Å². The summed E-state index contributed by atoms with van der Waals surface area (Å²) in [6.45, 7) is 7.54. The first kappa shape index (κ1) is 22.2. The molecule has 0 radical (unpaired) electrons. The fraction of sp³-hybridized carbons (Fsp3) is 0.632. The predicted octanol–water partition coefficient (Wildman–Crippen LogP) is 3.62. The third kappa shape index (κ3) is 8.85. The quantitative estimate of drug-likeness (QED) is 0.282. The van der Waals surface area contributed by atoms with E-state index >= 15 is 0 Å². The Morgan fingerprint density at radius 2 is 2.16 bits per heavy atom. The van der Waals surface area contributed by atoms with E-state index < -0.39 is 0 Å². The van der Waals surface area contributed by atoms with E-state index in [1.807, 2.05) is 6.07 Å². The van der Waals surface area contributed by atoms with Crippen molar-refractivity contribution in [1.82, 2.24) is 15.5 Å². The summed E-state index contributed by atoms with van der Waals surface area (Å²) in [5.41, 5.74) is 0.914. The fourth-order valence-electron chi connectivity index (χ4n) is 3.21. The van der Waals surface area contributed by atoms with E-state index in [2.05, 4.69) is 27.4 Å². The van der Waals surface area contributed by atoms with Crippen LogP contribution in [0.2, 0.25) is 0 Å². The number of aliphatic imine (C=N–C) groups is 1. The molecule has 1 aliphatic rings. The second-order valence-electron chi connectivity index (χ2n) is 6.74. The van der Waals surface area contributed by atoms with Crippen LogP contribution in [0.25, 0.3) is 0 Å². The number of hydrogen-bond donors (Lipinski definition) is 2. The summed E-state index contributed by atoms with van der Waals surface area (Å²) in [6, 6.07) is 6.63. The van der Waals surface area contributed by atoms with E-state index in [9.17, 15) is 4.39 Å². The number of nitrogens with one attached hydrogen (secondary N) is 2. The highest BCUT2D eigenvalue weighted by molar-refractivity contribution is 14.0. The normalized spacial score (nSPS) is 18.5. The summed E-state index contributed by atoms with van der Waals surface area (Å²) in [7, 11) is 1.76. The van der Waals surface area contributed by atoms with Gasteiger partial charge in [-0.2, -0.15) is 0 Å². The molecule has 6 heteroatoms. The van der Waals surface area contributed by atoms with Gasteiger partial charge in [-0.3, -0.25) is 4.99 Å². The summed E-state index contributed by atoms with van der Waals surface area (Å²) in [6.07, 6.45) is 5.06. The van der Waals surface area contributed by atoms with E-state index in [1.165, 1.54) is 45.0 Å². The third-order valence-corrected chi connectivity index (χ3v) is 4.51. The Morgan fingerprint density at radius 3 is 2.88 bits per heavy atom. The first-order chi connectivity index (χ1) is 11.7. The van der Waals surface area contributed by atoms with Crippen LogP contribution in [0.5, 0.6) is 0 Å². The van der Waals surface area contributed by atoms with E-state index in [1.54, 1.807) is 19.2 Å². The van der Waals surface area contributed by atoms with Gasteiger partial charge in [0.2, 0.25) is 0 Å². The molecule has 25 heavy (non-hydrogen) atoms. The van der Waals surface area contributed by atoms with E-state index in [0.717, 1.165) is 30.4 Å². The number of guanidine groups is 1. The second kappa shape index (κ2) is 12.5. The minimum absolute atomic E-state index is 0. The number of halogens is 2. The van der Waals surface area contributed by atoms with E-state index in [-0.39, 0.29) is 29.8 Å². The van der Waals surface area contributed by atoms with Gasteiger partial charge in [0, 0.05) is 26.7 Å². The van der Waals surface area contributed by atoms with Crippen LogP contribution >= 0.6 is 24.0 Å². The van der Waals surface area contributed by atoms with Crippen molar-refractivity contribution in [2.24, 2.45) is 10.9 Å². The number of unbranched alkanes of at least 4 members (excludes halogenated alkanes) is 1. The molecule has 0 amide bonds. The maximum absolute atomic E-state index is 13.2. The summed E-state index contributed by atoms with van der Waals surface area (Å²) in [5.74, 6) is 1.41. The molecule has 1 unspecified atom stereocenters. The van der Waals surface area contributed by atoms with Crippen LogP contribution in [0.1, 0.15) is 38.2 Å². The molecule has 0 saturated carbocycles. The molecule has 1 atom stereocenters. The number of rotatable bonds is 7. The highest BCUT2D eigenvalue weighted by atomic mass is 127. The van der Waals surface area contributed by atoms with Crippen molar-refractivity contribution in [1.29, 1.82) is 0 Å². The Kier molecular flexibility index (Phi) is 11.0. The molecule has 0 aromatic heterocycles. The zero-order chi connectivity index (χ0) is 17.2. The predicted molar refractivity (Wildman–Crippen MR) is 114 cm³/mol. The molecule has 1 aliphatic heterocycles. The Labute approximate surface area is 168 Å². The van der Waals surface area contributed by atoms with Crippen molar-refractivity contribution in [3.63, 3.8) is 0 Å². The van der Waals surface area contributed by atoms with Crippen LogP contribution < -0.4 is 10.6 Å². The molecule has 142 valence electrons. The highest BCUT2D eigenvalue weighted by Crippen LogP contribution is 2.15. The maximum atomic E-state index is 13.2. The monoisotopic (exact) mass is 462 g/mol. The zero-order valence-corrected chi connectivity index (χ0v) is 17.8. The van der Waals surface area contributed by atoms with Crippen molar-refractivity contribution < 1.29 is 4.39 Å².